The number of fused-ring (bicyclic) bond motifs is 1. The van der Waals surface area contributed by atoms with E-state index in [1.807, 2.05) is 4.57 Å². The minimum absolute atomic E-state index is 0.0139. The quantitative estimate of drug-likeness (QED) is 0.476. The van der Waals surface area contributed by atoms with Crippen LogP contribution in [0.1, 0.15) is 16.3 Å². The van der Waals surface area contributed by atoms with E-state index in [0.717, 1.165) is 0 Å². The van der Waals surface area contributed by atoms with Crippen molar-refractivity contribution in [3.05, 3.63) is 45.1 Å². The number of nitrogens with zero attached hydrogens (tertiary/aromatic N) is 5. The molecular formula is C13H12ClN5O4. The second-order valence-electron chi connectivity index (χ2n) is 4.86. The number of anilines is 1. The van der Waals surface area contributed by atoms with Crippen molar-refractivity contribution < 1.29 is 14.5 Å². The van der Waals surface area contributed by atoms with E-state index in [4.69, 9.17) is 11.6 Å². The summed E-state index contributed by atoms with van der Waals surface area (Å²) in [5, 5.41) is 11.8. The molecule has 120 valence electrons. The van der Waals surface area contributed by atoms with Gasteiger partial charge in [-0.25, -0.2) is 14.8 Å². The van der Waals surface area contributed by atoms with E-state index >= 15 is 0 Å². The molecule has 3 heterocycles. The maximum atomic E-state index is 11.6. The lowest BCUT2D eigenvalue weighted by atomic mass is 10.2. The Hall–Kier alpha value is -2.68. The number of aromatic nitrogens is 3. The standard InChI is InChI=1S/C13H12ClN5O4/c1-23-13(20)8-2-3-9(19(21)22)12(16-8)17-4-5-18-10(14)6-15-11(18)7-17/h2-3,6H,4-5,7H2,1H3. The first-order valence-corrected chi connectivity index (χ1v) is 7.07. The minimum Gasteiger partial charge on any atom is -0.464 e. The van der Waals surface area contributed by atoms with Crippen LogP contribution in [0.3, 0.4) is 0 Å². The molecule has 0 N–H and O–H groups in total. The Labute approximate surface area is 135 Å². The number of hydrogen-bond acceptors (Lipinski definition) is 7. The van der Waals surface area contributed by atoms with E-state index in [-0.39, 0.29) is 17.2 Å². The van der Waals surface area contributed by atoms with Gasteiger partial charge >= 0.3 is 11.7 Å². The fraction of sp³-hybridized carbons (Fsp3) is 0.308. The monoisotopic (exact) mass is 337 g/mol. The minimum atomic E-state index is -0.650. The SMILES string of the molecule is COC(=O)c1ccc([N+](=O)[O-])c(N2CCn3c(Cl)cnc3C2)n1. The van der Waals surface area contributed by atoms with Gasteiger partial charge in [-0.1, -0.05) is 11.6 Å². The Bertz CT molecular complexity index is 791. The van der Waals surface area contributed by atoms with Gasteiger partial charge in [0.25, 0.3) is 0 Å². The van der Waals surface area contributed by atoms with Crippen LogP contribution in [0.5, 0.6) is 0 Å². The van der Waals surface area contributed by atoms with Crippen LogP contribution in [0.2, 0.25) is 5.15 Å². The first-order chi connectivity index (χ1) is 11.0. The first-order valence-electron chi connectivity index (χ1n) is 6.70. The van der Waals surface area contributed by atoms with Crippen molar-refractivity contribution >= 4 is 29.1 Å². The maximum absolute atomic E-state index is 11.6. The fourth-order valence-corrected chi connectivity index (χ4v) is 2.67. The Balaban J connectivity index is 2.00. The fourth-order valence-electron chi connectivity index (χ4n) is 2.44. The molecule has 23 heavy (non-hydrogen) atoms. The number of halogens is 1. The number of carbonyl (C=O) groups excluding carboxylic acids is 1. The van der Waals surface area contributed by atoms with Gasteiger partial charge in [-0.2, -0.15) is 0 Å². The summed E-state index contributed by atoms with van der Waals surface area (Å²) in [7, 11) is 1.23. The summed E-state index contributed by atoms with van der Waals surface area (Å²) in [5.74, 6) is 0.145. The number of esters is 1. The molecule has 3 rings (SSSR count). The van der Waals surface area contributed by atoms with E-state index < -0.39 is 10.9 Å². The molecule has 0 fully saturated rings. The lowest BCUT2D eigenvalue weighted by Gasteiger charge is -2.28. The first kappa shape index (κ1) is 15.2. The van der Waals surface area contributed by atoms with Gasteiger partial charge in [-0.3, -0.25) is 10.1 Å². The maximum Gasteiger partial charge on any atom is 0.356 e. The van der Waals surface area contributed by atoms with Gasteiger partial charge in [0.2, 0.25) is 5.82 Å². The summed E-state index contributed by atoms with van der Waals surface area (Å²) in [5.41, 5.74) is -0.163. The number of hydrogen-bond donors (Lipinski definition) is 0. The summed E-state index contributed by atoms with van der Waals surface area (Å²) in [6.07, 6.45) is 1.53. The zero-order valence-corrected chi connectivity index (χ0v) is 12.9. The Morgan fingerprint density at radius 1 is 1.43 bits per heavy atom. The van der Waals surface area contributed by atoms with E-state index in [2.05, 4.69) is 14.7 Å². The third kappa shape index (κ3) is 2.70. The van der Waals surface area contributed by atoms with Crippen LogP contribution >= 0.6 is 11.6 Å². The summed E-state index contributed by atoms with van der Waals surface area (Å²) in [6, 6.07) is 2.53. The highest BCUT2D eigenvalue weighted by Crippen LogP contribution is 2.30. The second kappa shape index (κ2) is 5.84. The highest BCUT2D eigenvalue weighted by atomic mass is 35.5. The van der Waals surface area contributed by atoms with Crippen LogP contribution in [-0.4, -0.2) is 39.1 Å². The largest absolute Gasteiger partial charge is 0.464 e. The molecule has 0 unspecified atom stereocenters. The van der Waals surface area contributed by atoms with E-state index in [1.54, 1.807) is 4.90 Å². The lowest BCUT2D eigenvalue weighted by molar-refractivity contribution is -0.384. The molecule has 0 saturated heterocycles. The van der Waals surface area contributed by atoms with Gasteiger partial charge in [0.05, 0.1) is 24.8 Å². The number of carbonyl (C=O) groups is 1. The third-order valence-electron chi connectivity index (χ3n) is 3.56. The second-order valence-corrected chi connectivity index (χ2v) is 5.25. The molecule has 0 radical (unpaired) electrons. The molecule has 1 aliphatic rings. The van der Waals surface area contributed by atoms with Crippen LogP contribution < -0.4 is 4.90 Å². The van der Waals surface area contributed by atoms with Gasteiger partial charge in [0.1, 0.15) is 11.0 Å². The summed E-state index contributed by atoms with van der Waals surface area (Å²) in [6.45, 7) is 1.29. The van der Waals surface area contributed by atoms with Crippen molar-refractivity contribution in [2.45, 2.75) is 13.1 Å². The molecule has 0 atom stereocenters. The lowest BCUT2D eigenvalue weighted by Crippen LogP contribution is -2.35. The molecule has 10 heteroatoms. The summed E-state index contributed by atoms with van der Waals surface area (Å²) in [4.78, 5) is 32.3. The van der Waals surface area contributed by atoms with Crippen molar-refractivity contribution in [3.8, 4) is 0 Å². The van der Waals surface area contributed by atoms with Gasteiger partial charge in [0, 0.05) is 19.2 Å². The molecule has 0 spiro atoms. The Morgan fingerprint density at radius 3 is 2.91 bits per heavy atom. The van der Waals surface area contributed by atoms with Gasteiger partial charge in [-0.05, 0) is 6.07 Å². The average molecular weight is 338 g/mol. The molecule has 0 aliphatic carbocycles. The van der Waals surface area contributed by atoms with Gasteiger partial charge in [0.15, 0.2) is 5.69 Å². The number of pyridine rings is 1. The zero-order chi connectivity index (χ0) is 16.6. The van der Waals surface area contributed by atoms with E-state index in [1.165, 1.54) is 25.4 Å². The third-order valence-corrected chi connectivity index (χ3v) is 3.86. The predicted molar refractivity (Wildman–Crippen MR) is 80.5 cm³/mol. The highest BCUT2D eigenvalue weighted by Gasteiger charge is 2.28. The molecule has 2 aromatic heterocycles. The molecule has 9 nitrogen and oxygen atoms in total. The number of methoxy groups -OCH3 is 1. The predicted octanol–water partition coefficient (Wildman–Crippen LogP) is 1.65. The van der Waals surface area contributed by atoms with E-state index in [0.29, 0.717) is 30.6 Å². The number of nitro groups is 1. The topological polar surface area (TPSA) is 103 Å². The van der Waals surface area contributed by atoms with Crippen LogP contribution in [0.25, 0.3) is 0 Å². The van der Waals surface area contributed by atoms with Gasteiger partial charge < -0.3 is 14.2 Å². The van der Waals surface area contributed by atoms with E-state index in [9.17, 15) is 14.9 Å². The Morgan fingerprint density at radius 2 is 2.22 bits per heavy atom. The molecule has 1 aliphatic heterocycles. The van der Waals surface area contributed by atoms with Crippen molar-refractivity contribution in [2.24, 2.45) is 0 Å². The van der Waals surface area contributed by atoms with Crippen LogP contribution in [0, 0.1) is 10.1 Å². The molecule has 0 bridgehead atoms. The Kier molecular flexibility index (Phi) is 3.87. The molecule has 2 aromatic rings. The molecular weight excluding hydrogens is 326 g/mol. The van der Waals surface area contributed by atoms with Crippen LogP contribution in [0.4, 0.5) is 11.5 Å². The number of rotatable bonds is 3. The normalized spacial score (nSPS) is 13.6. The summed E-state index contributed by atoms with van der Waals surface area (Å²) < 4.78 is 6.44. The average Bonchev–Trinajstić information content (AvgIpc) is 2.94. The number of ether oxygens (including phenoxy) is 1. The van der Waals surface area contributed by atoms with Crippen molar-refractivity contribution in [3.63, 3.8) is 0 Å². The smallest absolute Gasteiger partial charge is 0.356 e. The van der Waals surface area contributed by atoms with Crippen LogP contribution in [-0.2, 0) is 17.8 Å². The molecule has 0 aromatic carbocycles. The highest BCUT2D eigenvalue weighted by molar-refractivity contribution is 6.29. The van der Waals surface area contributed by atoms with Crippen molar-refractivity contribution in [1.29, 1.82) is 0 Å². The van der Waals surface area contributed by atoms with Crippen molar-refractivity contribution in [1.82, 2.24) is 14.5 Å². The molecule has 0 saturated carbocycles. The van der Waals surface area contributed by atoms with Crippen molar-refractivity contribution in [2.75, 3.05) is 18.6 Å². The summed E-state index contributed by atoms with van der Waals surface area (Å²) >= 11 is 6.02. The zero-order valence-electron chi connectivity index (χ0n) is 12.1. The number of imidazole rings is 1. The molecule has 0 amide bonds. The van der Waals surface area contributed by atoms with Crippen LogP contribution in [0.15, 0.2) is 18.3 Å². The van der Waals surface area contributed by atoms with Gasteiger partial charge in [-0.15, -0.1) is 0 Å².